The van der Waals surface area contributed by atoms with Crippen molar-refractivity contribution in [3.8, 4) is 0 Å². The number of hydrogen-bond acceptors (Lipinski definition) is 3. The molecule has 1 amide bonds. The fourth-order valence-corrected chi connectivity index (χ4v) is 1.24. The third kappa shape index (κ3) is 2.56. The maximum atomic E-state index is 11.5. The number of amides is 1. The van der Waals surface area contributed by atoms with Crippen molar-refractivity contribution in [3.05, 3.63) is 24.2 Å². The Morgan fingerprint density at radius 1 is 1.79 bits per heavy atom. The third-order valence-electron chi connectivity index (χ3n) is 1.80. The summed E-state index contributed by atoms with van der Waals surface area (Å²) in [5, 5.41) is 2.67. The normalized spacial score (nSPS) is 12.1. The van der Waals surface area contributed by atoms with Gasteiger partial charge in [0.25, 0.3) is 5.91 Å². The molecule has 4 nitrogen and oxygen atoms in total. The number of rotatable bonds is 4. The summed E-state index contributed by atoms with van der Waals surface area (Å²) in [4.78, 5) is 11.7. The molecule has 14 heavy (non-hydrogen) atoms. The molecule has 0 saturated carbocycles. The van der Waals surface area contributed by atoms with Gasteiger partial charge in [-0.1, -0.05) is 19.1 Å². The lowest BCUT2D eigenvalue weighted by molar-refractivity contribution is 0.0918. The van der Waals surface area contributed by atoms with Gasteiger partial charge in [0, 0.05) is 0 Å². The van der Waals surface area contributed by atoms with Crippen LogP contribution >= 0.6 is 12.2 Å². The van der Waals surface area contributed by atoms with E-state index in [2.05, 4.69) is 5.32 Å². The van der Waals surface area contributed by atoms with Crippen molar-refractivity contribution in [3.63, 3.8) is 0 Å². The lowest BCUT2D eigenvalue weighted by Gasteiger charge is -2.13. The molecule has 0 spiro atoms. The largest absolute Gasteiger partial charge is 0.459 e. The van der Waals surface area contributed by atoms with Crippen LogP contribution in [0.1, 0.15) is 23.9 Å². The standard InChI is InChI=1S/C9H12N2O2S/c1-2-6(8(10)14)11-9(12)7-4-3-5-13-7/h3-6H,2H2,1H3,(H2,10,14)(H,11,12). The van der Waals surface area contributed by atoms with Crippen LogP contribution in [0.15, 0.2) is 22.8 Å². The first kappa shape index (κ1) is 10.7. The van der Waals surface area contributed by atoms with Crippen molar-refractivity contribution in [2.45, 2.75) is 19.4 Å². The quantitative estimate of drug-likeness (QED) is 0.733. The van der Waals surface area contributed by atoms with E-state index in [-0.39, 0.29) is 22.7 Å². The zero-order chi connectivity index (χ0) is 10.6. The molecule has 3 N–H and O–H groups in total. The number of hydrogen-bond donors (Lipinski definition) is 2. The Morgan fingerprint density at radius 2 is 2.50 bits per heavy atom. The first-order valence-corrected chi connectivity index (χ1v) is 4.69. The maximum Gasteiger partial charge on any atom is 0.287 e. The van der Waals surface area contributed by atoms with Crippen LogP contribution in [0.25, 0.3) is 0 Å². The molecule has 1 aromatic rings. The van der Waals surface area contributed by atoms with E-state index in [9.17, 15) is 4.79 Å². The summed E-state index contributed by atoms with van der Waals surface area (Å²) < 4.78 is 4.92. The van der Waals surface area contributed by atoms with E-state index >= 15 is 0 Å². The summed E-state index contributed by atoms with van der Waals surface area (Å²) in [6.07, 6.45) is 2.11. The predicted octanol–water partition coefficient (Wildman–Crippen LogP) is 1.07. The van der Waals surface area contributed by atoms with E-state index in [1.165, 1.54) is 6.26 Å². The van der Waals surface area contributed by atoms with Crippen molar-refractivity contribution in [2.75, 3.05) is 0 Å². The number of carbonyl (C=O) groups is 1. The van der Waals surface area contributed by atoms with E-state index in [4.69, 9.17) is 22.4 Å². The minimum Gasteiger partial charge on any atom is -0.459 e. The fourth-order valence-electron chi connectivity index (χ4n) is 1.01. The molecule has 1 rings (SSSR count). The van der Waals surface area contributed by atoms with Gasteiger partial charge in [-0.3, -0.25) is 4.79 Å². The summed E-state index contributed by atoms with van der Waals surface area (Å²) in [6.45, 7) is 1.90. The van der Waals surface area contributed by atoms with Gasteiger partial charge >= 0.3 is 0 Å². The highest BCUT2D eigenvalue weighted by atomic mass is 32.1. The van der Waals surface area contributed by atoms with Crippen LogP contribution in [-0.2, 0) is 0 Å². The van der Waals surface area contributed by atoms with Crippen molar-refractivity contribution in [1.29, 1.82) is 0 Å². The molecule has 0 radical (unpaired) electrons. The molecule has 1 atom stereocenters. The first-order chi connectivity index (χ1) is 6.65. The van der Waals surface area contributed by atoms with E-state index in [0.717, 1.165) is 0 Å². The van der Waals surface area contributed by atoms with Crippen LogP contribution in [0.4, 0.5) is 0 Å². The van der Waals surface area contributed by atoms with Gasteiger partial charge in [0.15, 0.2) is 5.76 Å². The number of thiocarbonyl (C=S) groups is 1. The predicted molar refractivity (Wildman–Crippen MR) is 57.0 cm³/mol. The molecule has 1 aromatic heterocycles. The van der Waals surface area contributed by atoms with Crippen LogP contribution in [0.5, 0.6) is 0 Å². The van der Waals surface area contributed by atoms with E-state index in [1.807, 2.05) is 6.92 Å². The minimum absolute atomic E-state index is 0.264. The second kappa shape index (κ2) is 4.76. The van der Waals surface area contributed by atoms with Crippen LogP contribution < -0.4 is 11.1 Å². The topological polar surface area (TPSA) is 68.3 Å². The Balaban J connectivity index is 2.60. The second-order valence-electron chi connectivity index (χ2n) is 2.81. The van der Waals surface area contributed by atoms with Gasteiger partial charge in [0.05, 0.1) is 17.3 Å². The van der Waals surface area contributed by atoms with Crippen molar-refractivity contribution in [1.82, 2.24) is 5.32 Å². The molecule has 0 saturated heterocycles. The number of nitrogens with one attached hydrogen (secondary N) is 1. The minimum atomic E-state index is -0.297. The molecule has 1 heterocycles. The molecule has 0 aromatic carbocycles. The Morgan fingerprint density at radius 3 is 2.93 bits per heavy atom. The molecule has 0 fully saturated rings. The average Bonchev–Trinajstić information content (AvgIpc) is 2.65. The fraction of sp³-hybridized carbons (Fsp3) is 0.333. The summed E-state index contributed by atoms with van der Waals surface area (Å²) in [5.41, 5.74) is 5.44. The highest BCUT2D eigenvalue weighted by Crippen LogP contribution is 2.01. The molecule has 1 unspecified atom stereocenters. The second-order valence-corrected chi connectivity index (χ2v) is 3.29. The van der Waals surface area contributed by atoms with Crippen molar-refractivity contribution in [2.24, 2.45) is 5.73 Å². The van der Waals surface area contributed by atoms with Gasteiger partial charge in [-0.05, 0) is 18.6 Å². The van der Waals surface area contributed by atoms with Gasteiger partial charge < -0.3 is 15.5 Å². The first-order valence-electron chi connectivity index (χ1n) is 4.28. The van der Waals surface area contributed by atoms with Gasteiger partial charge in [0.2, 0.25) is 0 Å². The highest BCUT2D eigenvalue weighted by Gasteiger charge is 2.15. The number of furan rings is 1. The zero-order valence-electron chi connectivity index (χ0n) is 7.82. The van der Waals surface area contributed by atoms with Gasteiger partial charge in [-0.15, -0.1) is 0 Å². The Labute approximate surface area is 87.5 Å². The van der Waals surface area contributed by atoms with Gasteiger partial charge in [-0.25, -0.2) is 0 Å². The molecule has 0 aliphatic carbocycles. The van der Waals surface area contributed by atoms with E-state index in [0.29, 0.717) is 6.42 Å². The lowest BCUT2D eigenvalue weighted by atomic mass is 10.2. The molecule has 76 valence electrons. The maximum absolute atomic E-state index is 11.5. The number of nitrogens with two attached hydrogens (primary N) is 1. The number of carbonyl (C=O) groups excluding carboxylic acids is 1. The Kier molecular flexibility index (Phi) is 3.64. The van der Waals surface area contributed by atoms with E-state index in [1.54, 1.807) is 12.1 Å². The zero-order valence-corrected chi connectivity index (χ0v) is 8.64. The van der Waals surface area contributed by atoms with Gasteiger partial charge in [-0.2, -0.15) is 0 Å². The lowest BCUT2D eigenvalue weighted by Crippen LogP contribution is -2.42. The smallest absolute Gasteiger partial charge is 0.287 e. The van der Waals surface area contributed by atoms with Crippen LogP contribution in [0.3, 0.4) is 0 Å². The van der Waals surface area contributed by atoms with Crippen LogP contribution in [-0.4, -0.2) is 16.9 Å². The van der Waals surface area contributed by atoms with Crippen LogP contribution in [0.2, 0.25) is 0 Å². The summed E-state index contributed by atoms with van der Waals surface area (Å²) in [7, 11) is 0. The molecule has 0 bridgehead atoms. The van der Waals surface area contributed by atoms with Crippen molar-refractivity contribution >= 4 is 23.1 Å². The average molecular weight is 212 g/mol. The summed E-state index contributed by atoms with van der Waals surface area (Å²) >= 11 is 4.80. The molecular weight excluding hydrogens is 200 g/mol. The molecular formula is C9H12N2O2S. The molecule has 0 aliphatic heterocycles. The van der Waals surface area contributed by atoms with Crippen molar-refractivity contribution < 1.29 is 9.21 Å². The summed E-state index contributed by atoms with van der Waals surface area (Å²) in [5.74, 6) is -0.0330. The monoisotopic (exact) mass is 212 g/mol. The Bertz CT molecular complexity index is 322. The SMILES string of the molecule is CCC(NC(=O)c1ccco1)C(N)=S. The van der Waals surface area contributed by atoms with Crippen LogP contribution in [0, 0.1) is 0 Å². The summed E-state index contributed by atoms with van der Waals surface area (Å²) in [6, 6.07) is 2.96. The Hall–Kier alpha value is -1.36. The van der Waals surface area contributed by atoms with Gasteiger partial charge in [0.1, 0.15) is 0 Å². The van der Waals surface area contributed by atoms with E-state index < -0.39 is 0 Å². The third-order valence-corrected chi connectivity index (χ3v) is 2.09. The highest BCUT2D eigenvalue weighted by molar-refractivity contribution is 7.80. The molecule has 5 heteroatoms. The molecule has 0 aliphatic rings.